The van der Waals surface area contributed by atoms with E-state index < -0.39 is 0 Å². The molecule has 8 aromatic rings. The van der Waals surface area contributed by atoms with Gasteiger partial charge >= 0.3 is 0 Å². The van der Waals surface area contributed by atoms with Crippen LogP contribution in [0.3, 0.4) is 0 Å². The lowest BCUT2D eigenvalue weighted by Gasteiger charge is -2.31. The molecule has 1 aliphatic carbocycles. The van der Waals surface area contributed by atoms with Crippen LogP contribution in [0.2, 0.25) is 0 Å². The minimum absolute atomic E-state index is 0.241. The molecule has 0 radical (unpaired) electrons. The molecule has 0 aliphatic heterocycles. The van der Waals surface area contributed by atoms with Crippen LogP contribution >= 0.6 is 0 Å². The smallest absolute Gasteiger partial charge is 0.0543 e. The summed E-state index contributed by atoms with van der Waals surface area (Å²) in [5.41, 5.74) is 13.3. The molecule has 50 heavy (non-hydrogen) atoms. The summed E-state index contributed by atoms with van der Waals surface area (Å²) in [6, 6.07) is 64.2. The van der Waals surface area contributed by atoms with Crippen molar-refractivity contribution >= 4 is 55.7 Å². The maximum atomic E-state index is 2.48. The van der Waals surface area contributed by atoms with Gasteiger partial charge in [-0.3, -0.25) is 0 Å². The number of para-hydroxylation sites is 2. The number of fused-ring (bicyclic) bond motifs is 6. The Balaban J connectivity index is 1.28. The van der Waals surface area contributed by atoms with Gasteiger partial charge in [0.1, 0.15) is 0 Å². The van der Waals surface area contributed by atoms with Crippen molar-refractivity contribution in [1.29, 1.82) is 0 Å². The zero-order valence-electron chi connectivity index (χ0n) is 28.6. The quantitative estimate of drug-likeness (QED) is 0.178. The Hall–Kier alpha value is -6.12. The van der Waals surface area contributed by atoms with E-state index in [1.54, 1.807) is 0 Å². The third-order valence-electron chi connectivity index (χ3n) is 10.4. The number of anilines is 6. The first-order valence-corrected chi connectivity index (χ1v) is 17.4. The van der Waals surface area contributed by atoms with Crippen LogP contribution in [-0.2, 0) is 5.41 Å². The summed E-state index contributed by atoms with van der Waals surface area (Å²) in [6.45, 7) is 6.96. The van der Waals surface area contributed by atoms with Crippen LogP contribution in [0.25, 0.3) is 32.7 Å². The van der Waals surface area contributed by atoms with Gasteiger partial charge in [-0.2, -0.15) is 0 Å². The Kier molecular flexibility index (Phi) is 7.07. The van der Waals surface area contributed by atoms with Crippen molar-refractivity contribution in [3.63, 3.8) is 0 Å². The lowest BCUT2D eigenvalue weighted by molar-refractivity contribution is 0.661. The fraction of sp³-hybridized carbons (Fsp3) is 0.0833. The van der Waals surface area contributed by atoms with Crippen LogP contribution in [0.4, 0.5) is 34.1 Å². The number of rotatable bonds is 6. The summed E-state index contributed by atoms with van der Waals surface area (Å²) in [5.74, 6) is 0. The number of hydrogen-bond acceptors (Lipinski definition) is 2. The predicted octanol–water partition coefficient (Wildman–Crippen LogP) is 13.5. The maximum absolute atomic E-state index is 2.48. The van der Waals surface area contributed by atoms with Gasteiger partial charge in [0.25, 0.3) is 0 Å². The molecule has 240 valence electrons. The largest absolute Gasteiger partial charge is 0.310 e. The van der Waals surface area contributed by atoms with Crippen molar-refractivity contribution < 1.29 is 0 Å². The summed E-state index contributed by atoms with van der Waals surface area (Å²) < 4.78 is 0. The Morgan fingerprint density at radius 1 is 0.400 bits per heavy atom. The highest BCUT2D eigenvalue weighted by atomic mass is 15.1. The van der Waals surface area contributed by atoms with Gasteiger partial charge in [0.2, 0.25) is 0 Å². The highest BCUT2D eigenvalue weighted by molar-refractivity contribution is 6.11. The normalized spacial score (nSPS) is 12.9. The molecule has 0 N–H and O–H groups in total. The van der Waals surface area contributed by atoms with Crippen LogP contribution in [0.15, 0.2) is 176 Å². The molecule has 0 fully saturated rings. The number of benzene rings is 8. The van der Waals surface area contributed by atoms with Crippen LogP contribution in [0, 0.1) is 6.92 Å². The molecule has 0 spiro atoms. The number of aryl methyl sites for hydroxylation is 1. The van der Waals surface area contributed by atoms with E-state index in [9.17, 15) is 0 Å². The molecule has 0 bridgehead atoms. The molecule has 8 aromatic carbocycles. The topological polar surface area (TPSA) is 6.48 Å². The van der Waals surface area contributed by atoms with Crippen molar-refractivity contribution in [1.82, 2.24) is 0 Å². The van der Waals surface area contributed by atoms with E-state index in [4.69, 9.17) is 0 Å². The second kappa shape index (κ2) is 11.8. The fourth-order valence-electron chi connectivity index (χ4n) is 8.06. The maximum Gasteiger partial charge on any atom is 0.0543 e. The molecule has 9 rings (SSSR count). The van der Waals surface area contributed by atoms with Crippen molar-refractivity contribution in [2.45, 2.75) is 26.2 Å². The molecule has 1 aliphatic rings. The zero-order valence-corrected chi connectivity index (χ0v) is 28.6. The predicted molar refractivity (Wildman–Crippen MR) is 213 cm³/mol. The molecule has 2 nitrogen and oxygen atoms in total. The van der Waals surface area contributed by atoms with Gasteiger partial charge in [-0.25, -0.2) is 0 Å². The Bertz CT molecular complexity index is 2490. The lowest BCUT2D eigenvalue weighted by Crippen LogP contribution is -2.18. The van der Waals surface area contributed by atoms with Gasteiger partial charge in [-0.05, 0) is 106 Å². The monoisotopic (exact) mass is 642 g/mol. The van der Waals surface area contributed by atoms with Crippen LogP contribution in [0.1, 0.15) is 30.5 Å². The minimum atomic E-state index is -0.241. The van der Waals surface area contributed by atoms with Crippen molar-refractivity contribution in [2.24, 2.45) is 0 Å². The summed E-state index contributed by atoms with van der Waals surface area (Å²) in [6.07, 6.45) is 0. The lowest BCUT2D eigenvalue weighted by atomic mass is 9.81. The molecular weight excluding hydrogens is 605 g/mol. The average Bonchev–Trinajstić information content (AvgIpc) is 3.38. The second-order valence-corrected chi connectivity index (χ2v) is 13.9. The SMILES string of the molecule is Cc1cccc(N(c2cccc3ccccc23)c2cc3c(c4ccccc24)-c2ccc(N(c4ccccc4)c4ccccc4)cc2C3(C)C)c1. The first-order chi connectivity index (χ1) is 24.5. The summed E-state index contributed by atoms with van der Waals surface area (Å²) >= 11 is 0. The van der Waals surface area contributed by atoms with Gasteiger partial charge in [-0.15, -0.1) is 0 Å². The van der Waals surface area contributed by atoms with Gasteiger partial charge in [-0.1, -0.05) is 129 Å². The van der Waals surface area contributed by atoms with Gasteiger partial charge in [0.05, 0.1) is 11.4 Å². The van der Waals surface area contributed by atoms with E-state index in [1.165, 1.54) is 60.7 Å². The molecule has 0 saturated heterocycles. The minimum Gasteiger partial charge on any atom is -0.310 e. The van der Waals surface area contributed by atoms with Crippen LogP contribution in [0.5, 0.6) is 0 Å². The summed E-state index contributed by atoms with van der Waals surface area (Å²) in [4.78, 5) is 4.85. The molecule has 0 saturated carbocycles. The molecule has 2 heteroatoms. The van der Waals surface area contributed by atoms with Crippen molar-refractivity contribution in [2.75, 3.05) is 9.80 Å². The molecule has 0 heterocycles. The molecule has 0 atom stereocenters. The Labute approximate surface area is 294 Å². The van der Waals surface area contributed by atoms with Crippen molar-refractivity contribution in [3.8, 4) is 11.1 Å². The first-order valence-electron chi connectivity index (χ1n) is 17.4. The molecule has 0 aromatic heterocycles. The highest BCUT2D eigenvalue weighted by Gasteiger charge is 2.38. The number of hydrogen-bond donors (Lipinski definition) is 0. The van der Waals surface area contributed by atoms with E-state index in [-0.39, 0.29) is 5.41 Å². The number of nitrogens with zero attached hydrogens (tertiary/aromatic N) is 2. The van der Waals surface area contributed by atoms with Gasteiger partial charge in [0, 0.05) is 38.9 Å². The van der Waals surface area contributed by atoms with E-state index in [0.717, 1.165) is 22.7 Å². The Morgan fingerprint density at radius 2 is 0.980 bits per heavy atom. The average molecular weight is 643 g/mol. The molecular formula is C48H38N2. The highest BCUT2D eigenvalue weighted by Crippen LogP contribution is 2.56. The van der Waals surface area contributed by atoms with E-state index in [1.807, 2.05) is 0 Å². The van der Waals surface area contributed by atoms with Gasteiger partial charge in [0.15, 0.2) is 0 Å². The van der Waals surface area contributed by atoms with E-state index in [0.29, 0.717) is 0 Å². The molecule has 0 unspecified atom stereocenters. The summed E-state index contributed by atoms with van der Waals surface area (Å²) in [7, 11) is 0. The van der Waals surface area contributed by atoms with E-state index in [2.05, 4.69) is 206 Å². The third-order valence-corrected chi connectivity index (χ3v) is 10.4. The zero-order chi connectivity index (χ0) is 33.8. The third kappa shape index (κ3) is 4.79. The fourth-order valence-corrected chi connectivity index (χ4v) is 8.06. The summed E-state index contributed by atoms with van der Waals surface area (Å²) in [5, 5.41) is 4.98. The second-order valence-electron chi connectivity index (χ2n) is 13.9. The standard InChI is InChI=1S/C48H38N2/c1-33-16-14-23-37(30-33)50(45-27-15-18-34-17-10-11-24-39(34)45)46-32-44-47(41-26-13-12-25-40(41)46)42-29-28-38(31-43(42)48(44,2)3)49(35-19-6-4-7-20-35)36-21-8-5-9-22-36/h4-32H,1-3H3. The first kappa shape index (κ1) is 30.0. The molecule has 0 amide bonds. The Morgan fingerprint density at radius 3 is 1.70 bits per heavy atom. The van der Waals surface area contributed by atoms with Gasteiger partial charge < -0.3 is 9.80 Å². The van der Waals surface area contributed by atoms with Crippen LogP contribution < -0.4 is 9.80 Å². The van der Waals surface area contributed by atoms with Crippen LogP contribution in [-0.4, -0.2) is 0 Å². The van der Waals surface area contributed by atoms with Crippen molar-refractivity contribution in [3.05, 3.63) is 193 Å². The van der Waals surface area contributed by atoms with E-state index >= 15 is 0 Å².